The molecule has 314 valence electrons. The van der Waals surface area contributed by atoms with Crippen molar-refractivity contribution in [2.75, 3.05) is 4.90 Å². The zero-order chi connectivity index (χ0) is 44.3. The molecule has 1 aromatic heterocycles. The minimum atomic E-state index is 0.889. The van der Waals surface area contributed by atoms with Crippen molar-refractivity contribution in [2.24, 2.45) is 0 Å². The van der Waals surface area contributed by atoms with Crippen LogP contribution in [0.1, 0.15) is 11.1 Å². The highest BCUT2D eigenvalue weighted by Crippen LogP contribution is 2.49. The van der Waals surface area contributed by atoms with Gasteiger partial charge in [0.05, 0.1) is 22.4 Å². The molecule has 2 nitrogen and oxygen atoms in total. The molecule has 1 aliphatic rings. The number of rotatable bonds is 8. The summed E-state index contributed by atoms with van der Waals surface area (Å²) in [5.74, 6) is 0. The van der Waals surface area contributed by atoms with Crippen molar-refractivity contribution in [1.29, 1.82) is 0 Å². The average molecular weight is 853 g/mol. The summed E-state index contributed by atoms with van der Waals surface area (Å²) in [6.45, 7) is 0. The predicted molar refractivity (Wildman–Crippen MR) is 283 cm³/mol. The van der Waals surface area contributed by atoms with Gasteiger partial charge in [0, 0.05) is 33.3 Å². The molecule has 0 unspecified atom stereocenters. The predicted octanol–water partition coefficient (Wildman–Crippen LogP) is 17.6. The first-order chi connectivity index (χ1) is 33.3. The Morgan fingerprint density at radius 1 is 0.299 bits per heavy atom. The van der Waals surface area contributed by atoms with Gasteiger partial charge in [0.25, 0.3) is 0 Å². The van der Waals surface area contributed by atoms with Gasteiger partial charge >= 0.3 is 0 Å². The first kappa shape index (κ1) is 38.7. The van der Waals surface area contributed by atoms with Crippen LogP contribution in [0.4, 0.5) is 17.1 Å². The van der Waals surface area contributed by atoms with Gasteiger partial charge in [-0.1, -0.05) is 200 Å². The monoisotopic (exact) mass is 852 g/mol. The van der Waals surface area contributed by atoms with E-state index in [1.807, 2.05) is 0 Å². The van der Waals surface area contributed by atoms with E-state index >= 15 is 0 Å². The Labute approximate surface area is 390 Å². The molecular formula is C65H44N2. The van der Waals surface area contributed by atoms with E-state index in [-0.39, 0.29) is 0 Å². The van der Waals surface area contributed by atoms with Crippen molar-refractivity contribution >= 4 is 49.6 Å². The quantitative estimate of drug-likeness (QED) is 0.148. The van der Waals surface area contributed by atoms with Gasteiger partial charge in [0.2, 0.25) is 0 Å². The first-order valence-electron chi connectivity index (χ1n) is 23.2. The summed E-state index contributed by atoms with van der Waals surface area (Å²) < 4.78 is 2.45. The second-order valence-corrected chi connectivity index (χ2v) is 17.6. The summed E-state index contributed by atoms with van der Waals surface area (Å²) >= 11 is 0. The lowest BCUT2D eigenvalue weighted by molar-refractivity contribution is 1.18. The SMILES string of the molecule is c1ccc(-c2ccc(-c3ccc(N(c4ccccc4)c4ccc(-c5ccccc5-n5c6ccccc6c6ccccc65)cc4-c4cccc5c4Cc4ccccc4-5)cc3)c3ccccc23)cc1. The van der Waals surface area contributed by atoms with Gasteiger partial charge < -0.3 is 9.47 Å². The molecule has 2 heteroatoms. The van der Waals surface area contributed by atoms with E-state index in [4.69, 9.17) is 0 Å². The molecule has 0 fully saturated rings. The summed E-state index contributed by atoms with van der Waals surface area (Å²) in [4.78, 5) is 2.44. The maximum absolute atomic E-state index is 2.45. The Morgan fingerprint density at radius 2 is 0.791 bits per heavy atom. The van der Waals surface area contributed by atoms with Crippen molar-refractivity contribution in [1.82, 2.24) is 4.57 Å². The van der Waals surface area contributed by atoms with Gasteiger partial charge in [-0.15, -0.1) is 0 Å². The Bertz CT molecular complexity index is 3770. The van der Waals surface area contributed by atoms with E-state index in [1.165, 1.54) is 99.3 Å². The van der Waals surface area contributed by atoms with Crippen molar-refractivity contribution in [3.8, 4) is 61.3 Å². The molecule has 0 saturated carbocycles. The first-order valence-corrected chi connectivity index (χ1v) is 23.2. The van der Waals surface area contributed by atoms with Crippen molar-refractivity contribution < 1.29 is 0 Å². The summed E-state index contributed by atoms with van der Waals surface area (Å²) in [5.41, 5.74) is 21.9. The molecule has 1 heterocycles. The Morgan fingerprint density at radius 3 is 1.48 bits per heavy atom. The molecule has 0 bridgehead atoms. The number of hydrogen-bond donors (Lipinski definition) is 0. The third kappa shape index (κ3) is 6.49. The Kier molecular flexibility index (Phi) is 9.28. The molecule has 12 aromatic rings. The van der Waals surface area contributed by atoms with Crippen LogP contribution in [0.15, 0.2) is 255 Å². The lowest BCUT2D eigenvalue weighted by atomic mass is 9.90. The molecule has 0 amide bonds. The minimum Gasteiger partial charge on any atom is -0.310 e. The smallest absolute Gasteiger partial charge is 0.0541 e. The fourth-order valence-electron chi connectivity index (χ4n) is 10.8. The summed E-state index contributed by atoms with van der Waals surface area (Å²) in [7, 11) is 0. The standard InChI is InChI=1S/C65H44N2/c1-3-18-44(19-4-1)51-39-40-52(55-26-10-9-25-54(51)55)45-34-37-49(38-35-45)66(48-21-5-2-6-22-48)65-41-36-47(43-61(65)57-30-17-29-56-50-23-8-7-20-46(50)42-60(56)57)53-24-11-14-31-62(53)67-63-32-15-12-27-58(63)59-28-13-16-33-64(59)67/h1-41,43H,42H2. The second kappa shape index (κ2) is 16.1. The van der Waals surface area contributed by atoms with E-state index in [0.717, 1.165) is 29.2 Å². The Balaban J connectivity index is 1.00. The highest BCUT2D eigenvalue weighted by molar-refractivity contribution is 6.10. The molecule has 13 rings (SSSR count). The highest BCUT2D eigenvalue weighted by atomic mass is 15.1. The molecule has 67 heavy (non-hydrogen) atoms. The van der Waals surface area contributed by atoms with E-state index in [1.54, 1.807) is 0 Å². The molecule has 1 aliphatic carbocycles. The number of para-hydroxylation sites is 4. The maximum atomic E-state index is 2.45. The van der Waals surface area contributed by atoms with E-state index < -0.39 is 0 Å². The van der Waals surface area contributed by atoms with Gasteiger partial charge in [-0.3, -0.25) is 0 Å². The number of aromatic nitrogens is 1. The molecule has 0 spiro atoms. The Hall–Kier alpha value is -8.72. The second-order valence-electron chi connectivity index (χ2n) is 17.6. The summed E-state index contributed by atoms with van der Waals surface area (Å²) in [6.07, 6.45) is 0.889. The van der Waals surface area contributed by atoms with Gasteiger partial charge in [-0.05, 0) is 127 Å². The van der Waals surface area contributed by atoms with Gasteiger partial charge in [-0.2, -0.15) is 0 Å². The normalized spacial score (nSPS) is 11.8. The van der Waals surface area contributed by atoms with Gasteiger partial charge in [0.15, 0.2) is 0 Å². The third-order valence-electron chi connectivity index (χ3n) is 13.9. The van der Waals surface area contributed by atoms with Crippen LogP contribution in [0, 0.1) is 0 Å². The number of benzene rings is 11. The van der Waals surface area contributed by atoms with Crippen LogP contribution >= 0.6 is 0 Å². The lowest BCUT2D eigenvalue weighted by Gasteiger charge is -2.29. The van der Waals surface area contributed by atoms with Crippen LogP contribution in [0.3, 0.4) is 0 Å². The lowest BCUT2D eigenvalue weighted by Crippen LogP contribution is -2.11. The number of nitrogens with zero attached hydrogens (tertiary/aromatic N) is 2. The molecule has 0 saturated heterocycles. The fraction of sp³-hybridized carbons (Fsp3) is 0.0154. The van der Waals surface area contributed by atoms with Crippen LogP contribution < -0.4 is 4.90 Å². The van der Waals surface area contributed by atoms with Crippen molar-refractivity contribution in [3.63, 3.8) is 0 Å². The zero-order valence-electron chi connectivity index (χ0n) is 36.9. The number of anilines is 3. The van der Waals surface area contributed by atoms with Crippen molar-refractivity contribution in [2.45, 2.75) is 6.42 Å². The molecule has 0 radical (unpaired) electrons. The molecule has 0 atom stereocenters. The minimum absolute atomic E-state index is 0.889. The summed E-state index contributed by atoms with van der Waals surface area (Å²) in [6, 6.07) is 93.5. The molecule has 0 aliphatic heterocycles. The van der Waals surface area contributed by atoms with Crippen molar-refractivity contribution in [3.05, 3.63) is 266 Å². The van der Waals surface area contributed by atoms with Crippen LogP contribution in [-0.4, -0.2) is 4.57 Å². The van der Waals surface area contributed by atoms with E-state index in [2.05, 4.69) is 264 Å². The van der Waals surface area contributed by atoms with E-state index in [0.29, 0.717) is 0 Å². The van der Waals surface area contributed by atoms with Crippen LogP contribution in [0.25, 0.3) is 93.9 Å². The van der Waals surface area contributed by atoms with Crippen LogP contribution in [0.2, 0.25) is 0 Å². The van der Waals surface area contributed by atoms with Crippen LogP contribution in [-0.2, 0) is 6.42 Å². The zero-order valence-corrected chi connectivity index (χ0v) is 36.9. The summed E-state index contributed by atoms with van der Waals surface area (Å²) in [5, 5.41) is 5.01. The van der Waals surface area contributed by atoms with Gasteiger partial charge in [0.1, 0.15) is 0 Å². The highest BCUT2D eigenvalue weighted by Gasteiger charge is 2.26. The average Bonchev–Trinajstić information content (AvgIpc) is 3.95. The number of hydrogen-bond acceptors (Lipinski definition) is 1. The van der Waals surface area contributed by atoms with Crippen LogP contribution in [0.5, 0.6) is 0 Å². The number of fused-ring (bicyclic) bond motifs is 7. The molecule has 0 N–H and O–H groups in total. The maximum Gasteiger partial charge on any atom is 0.0541 e. The third-order valence-corrected chi connectivity index (χ3v) is 13.9. The largest absolute Gasteiger partial charge is 0.310 e. The molecule has 11 aromatic carbocycles. The van der Waals surface area contributed by atoms with Gasteiger partial charge in [-0.25, -0.2) is 0 Å². The fourth-order valence-corrected chi connectivity index (χ4v) is 10.8. The topological polar surface area (TPSA) is 8.17 Å². The molecular weight excluding hydrogens is 809 g/mol. The van der Waals surface area contributed by atoms with E-state index in [9.17, 15) is 0 Å².